The number of nitrogens with zero attached hydrogens (tertiary/aromatic N) is 2. The Kier molecular flexibility index (Phi) is 7.62. The number of carbonyl (C=O) groups is 2. The Morgan fingerprint density at radius 3 is 2.08 bits per heavy atom. The normalized spacial score (nSPS) is 11.5. The van der Waals surface area contributed by atoms with Crippen molar-refractivity contribution in [3.63, 3.8) is 0 Å². The van der Waals surface area contributed by atoms with Crippen LogP contribution in [0.4, 0.5) is 5.69 Å². The van der Waals surface area contributed by atoms with Gasteiger partial charge in [0.15, 0.2) is 6.61 Å². The number of hydrogen-bond acceptors (Lipinski definition) is 5. The van der Waals surface area contributed by atoms with Crippen LogP contribution in [0, 0.1) is 6.92 Å². The van der Waals surface area contributed by atoms with E-state index in [1.54, 1.807) is 36.1 Å². The number of benzene rings is 1. The van der Waals surface area contributed by atoms with Gasteiger partial charge in [0.2, 0.25) is 10.0 Å². The largest absolute Gasteiger partial charge is 0.454 e. The molecule has 0 spiro atoms. The van der Waals surface area contributed by atoms with Crippen molar-refractivity contribution in [1.82, 2.24) is 4.90 Å². The summed E-state index contributed by atoms with van der Waals surface area (Å²) in [5, 5.41) is 0. The third-order valence-corrected chi connectivity index (χ3v) is 4.94. The zero-order valence-corrected chi connectivity index (χ0v) is 17.0. The average Bonchev–Trinajstić information content (AvgIpc) is 2.49. The lowest BCUT2D eigenvalue weighted by atomic mass is 10.2. The topological polar surface area (TPSA) is 84.0 Å². The molecule has 0 fully saturated rings. The smallest absolute Gasteiger partial charge is 0.327 e. The van der Waals surface area contributed by atoms with E-state index in [2.05, 4.69) is 0 Å². The summed E-state index contributed by atoms with van der Waals surface area (Å²) in [6.45, 7) is 8.37. The van der Waals surface area contributed by atoms with Gasteiger partial charge in [0.25, 0.3) is 5.91 Å². The zero-order valence-electron chi connectivity index (χ0n) is 16.2. The van der Waals surface area contributed by atoms with Crippen molar-refractivity contribution in [2.24, 2.45) is 0 Å². The number of carbonyl (C=O) groups excluding carboxylic acids is 2. The SMILES string of the molecule is Cc1ccccc1N(CC(=O)OCC(=O)N(C(C)C)C(C)C)S(C)(=O)=O. The zero-order chi connectivity index (χ0) is 20.1. The molecule has 0 N–H and O–H groups in total. The summed E-state index contributed by atoms with van der Waals surface area (Å²) in [7, 11) is -3.68. The number of esters is 1. The fourth-order valence-electron chi connectivity index (χ4n) is 2.78. The number of amides is 1. The molecular formula is C18H28N2O5S. The Hall–Kier alpha value is -2.09. The van der Waals surface area contributed by atoms with Crippen LogP contribution in [0.25, 0.3) is 0 Å². The van der Waals surface area contributed by atoms with Crippen LogP contribution in [0.5, 0.6) is 0 Å². The highest BCUT2D eigenvalue weighted by molar-refractivity contribution is 7.92. The molecule has 0 aromatic heterocycles. The highest BCUT2D eigenvalue weighted by Crippen LogP contribution is 2.21. The molecule has 1 aromatic carbocycles. The third-order valence-electron chi connectivity index (χ3n) is 3.81. The molecule has 0 radical (unpaired) electrons. The molecule has 0 saturated carbocycles. The lowest BCUT2D eigenvalue weighted by Gasteiger charge is -2.30. The first-order valence-electron chi connectivity index (χ1n) is 8.45. The second kappa shape index (κ2) is 9.02. The molecular weight excluding hydrogens is 356 g/mol. The molecule has 0 saturated heterocycles. The van der Waals surface area contributed by atoms with Gasteiger partial charge < -0.3 is 9.64 Å². The van der Waals surface area contributed by atoms with E-state index in [4.69, 9.17) is 4.74 Å². The molecule has 1 rings (SSSR count). The minimum Gasteiger partial charge on any atom is -0.454 e. The van der Waals surface area contributed by atoms with Crippen LogP contribution in [0.2, 0.25) is 0 Å². The molecule has 146 valence electrons. The van der Waals surface area contributed by atoms with Crippen molar-refractivity contribution in [1.29, 1.82) is 0 Å². The second-order valence-electron chi connectivity index (χ2n) is 6.71. The quantitative estimate of drug-likeness (QED) is 0.640. The highest BCUT2D eigenvalue weighted by atomic mass is 32.2. The van der Waals surface area contributed by atoms with Crippen LogP contribution in [0.1, 0.15) is 33.3 Å². The summed E-state index contributed by atoms with van der Waals surface area (Å²) >= 11 is 0. The minimum absolute atomic E-state index is 0.0271. The number of hydrogen-bond donors (Lipinski definition) is 0. The van der Waals surface area contributed by atoms with E-state index in [0.29, 0.717) is 11.3 Å². The van der Waals surface area contributed by atoms with Crippen LogP contribution in [-0.2, 0) is 24.3 Å². The van der Waals surface area contributed by atoms with Gasteiger partial charge in [0, 0.05) is 12.1 Å². The van der Waals surface area contributed by atoms with E-state index < -0.39 is 29.1 Å². The van der Waals surface area contributed by atoms with Gasteiger partial charge in [-0.15, -0.1) is 0 Å². The van der Waals surface area contributed by atoms with E-state index in [0.717, 1.165) is 10.6 Å². The van der Waals surface area contributed by atoms with Crippen LogP contribution in [-0.4, -0.2) is 56.7 Å². The number of anilines is 1. The van der Waals surface area contributed by atoms with Gasteiger partial charge in [0.05, 0.1) is 11.9 Å². The lowest BCUT2D eigenvalue weighted by Crippen LogP contribution is -2.45. The van der Waals surface area contributed by atoms with Crippen LogP contribution >= 0.6 is 0 Å². The molecule has 0 aliphatic rings. The van der Waals surface area contributed by atoms with E-state index in [-0.39, 0.29) is 18.0 Å². The minimum atomic E-state index is -3.68. The molecule has 0 aliphatic heterocycles. The summed E-state index contributed by atoms with van der Waals surface area (Å²) in [4.78, 5) is 26.0. The predicted octanol–water partition coefficient (Wildman–Crippen LogP) is 1.95. The Bertz CT molecular complexity index is 736. The van der Waals surface area contributed by atoms with E-state index >= 15 is 0 Å². The van der Waals surface area contributed by atoms with Gasteiger partial charge in [0.1, 0.15) is 6.54 Å². The number of aryl methyl sites for hydroxylation is 1. The molecule has 0 heterocycles. The molecule has 8 heteroatoms. The van der Waals surface area contributed by atoms with E-state index in [1.807, 2.05) is 27.7 Å². The standard InChI is InChI=1S/C18H28N2O5S/c1-13(2)20(14(3)4)17(21)12-25-18(22)11-19(26(6,23)24)16-10-8-7-9-15(16)5/h7-10,13-14H,11-12H2,1-6H3. The van der Waals surface area contributed by atoms with Crippen molar-refractivity contribution in [3.8, 4) is 0 Å². The van der Waals surface area contributed by atoms with Gasteiger partial charge in [-0.3, -0.25) is 13.9 Å². The predicted molar refractivity (Wildman–Crippen MR) is 101 cm³/mol. The lowest BCUT2D eigenvalue weighted by molar-refractivity contribution is -0.152. The first-order valence-corrected chi connectivity index (χ1v) is 10.3. The summed E-state index contributed by atoms with van der Waals surface area (Å²) in [5.41, 5.74) is 1.12. The maximum absolute atomic E-state index is 12.3. The van der Waals surface area contributed by atoms with Crippen molar-refractivity contribution in [2.75, 3.05) is 23.7 Å². The fraction of sp³-hybridized carbons (Fsp3) is 0.556. The molecule has 1 amide bonds. The Morgan fingerprint density at radius 2 is 1.62 bits per heavy atom. The van der Waals surface area contributed by atoms with Gasteiger partial charge in [-0.25, -0.2) is 8.42 Å². The summed E-state index contributed by atoms with van der Waals surface area (Å²) in [6.07, 6.45) is 1.02. The van der Waals surface area contributed by atoms with Crippen LogP contribution in [0.3, 0.4) is 0 Å². The number of para-hydroxylation sites is 1. The van der Waals surface area contributed by atoms with Crippen molar-refractivity contribution in [3.05, 3.63) is 29.8 Å². The van der Waals surface area contributed by atoms with Gasteiger partial charge in [-0.1, -0.05) is 18.2 Å². The summed E-state index contributed by atoms with van der Waals surface area (Å²) in [6, 6.07) is 6.79. The molecule has 0 bridgehead atoms. The number of rotatable bonds is 8. The molecule has 26 heavy (non-hydrogen) atoms. The van der Waals surface area contributed by atoms with Gasteiger partial charge in [-0.2, -0.15) is 0 Å². The maximum atomic E-state index is 12.3. The monoisotopic (exact) mass is 384 g/mol. The average molecular weight is 384 g/mol. The molecule has 0 unspecified atom stereocenters. The highest BCUT2D eigenvalue weighted by Gasteiger charge is 2.25. The Balaban J connectivity index is 2.84. The van der Waals surface area contributed by atoms with Gasteiger partial charge >= 0.3 is 5.97 Å². The van der Waals surface area contributed by atoms with Crippen LogP contribution < -0.4 is 4.31 Å². The van der Waals surface area contributed by atoms with Crippen LogP contribution in [0.15, 0.2) is 24.3 Å². The third kappa shape index (κ3) is 6.01. The van der Waals surface area contributed by atoms with E-state index in [9.17, 15) is 18.0 Å². The second-order valence-corrected chi connectivity index (χ2v) is 8.61. The van der Waals surface area contributed by atoms with Gasteiger partial charge in [-0.05, 0) is 46.2 Å². The molecule has 0 atom stereocenters. The Morgan fingerprint density at radius 1 is 1.08 bits per heavy atom. The molecule has 0 aliphatic carbocycles. The Labute approximate surface area is 156 Å². The van der Waals surface area contributed by atoms with E-state index in [1.165, 1.54) is 0 Å². The molecule has 1 aromatic rings. The first-order chi connectivity index (χ1) is 11.9. The maximum Gasteiger partial charge on any atom is 0.327 e. The van der Waals surface area contributed by atoms with Crippen molar-refractivity contribution in [2.45, 2.75) is 46.7 Å². The number of ether oxygens (including phenoxy) is 1. The summed E-state index contributed by atoms with van der Waals surface area (Å²) < 4.78 is 30.2. The first kappa shape index (κ1) is 22.0. The molecule has 7 nitrogen and oxygen atoms in total. The van der Waals surface area contributed by atoms with Crippen molar-refractivity contribution >= 4 is 27.6 Å². The number of sulfonamides is 1. The van der Waals surface area contributed by atoms with Crippen molar-refractivity contribution < 1.29 is 22.7 Å². The fourth-order valence-corrected chi connectivity index (χ4v) is 3.68. The summed E-state index contributed by atoms with van der Waals surface area (Å²) in [5.74, 6) is -1.09.